The maximum absolute atomic E-state index is 12.0. The molecule has 12 heteroatoms. The van der Waals surface area contributed by atoms with Crippen molar-refractivity contribution < 1.29 is 32.4 Å². The zero-order valence-corrected chi connectivity index (χ0v) is 17.4. The van der Waals surface area contributed by atoms with Gasteiger partial charge in [0.05, 0.1) is 11.1 Å². The largest absolute Gasteiger partial charge is 0.478 e. The number of carboxylic acid groups (broad SMARTS) is 1. The first-order valence-electron chi connectivity index (χ1n) is 5.19. The third-order valence-corrected chi connectivity index (χ3v) is 7.71. The highest BCUT2D eigenvalue weighted by Gasteiger charge is 2.28. The first kappa shape index (κ1) is 20.0. The van der Waals surface area contributed by atoms with Crippen LogP contribution in [-0.2, 0) is 14.9 Å². The van der Waals surface area contributed by atoms with E-state index in [4.69, 9.17) is 9.29 Å². The number of aromatic carboxylic acids is 1. The Morgan fingerprint density at radius 2 is 1.41 bits per heavy atom. The molecule has 22 heavy (non-hydrogen) atoms. The summed E-state index contributed by atoms with van der Waals surface area (Å²) in [4.78, 5) is 23.4. The van der Waals surface area contributed by atoms with Crippen LogP contribution >= 0.6 is 63.7 Å². The summed E-state index contributed by atoms with van der Waals surface area (Å²) >= 11 is 12.5. The van der Waals surface area contributed by atoms with E-state index in [2.05, 4.69) is 63.7 Å². The van der Waals surface area contributed by atoms with Gasteiger partial charge in [-0.3, -0.25) is 4.55 Å². The fraction of sp³-hybridized carbons (Fsp3) is 0.200. The number of benzene rings is 1. The van der Waals surface area contributed by atoms with Crippen molar-refractivity contribution in [1.82, 2.24) is 0 Å². The Labute approximate surface area is 158 Å². The van der Waals surface area contributed by atoms with Gasteiger partial charge < -0.3 is 9.84 Å². The van der Waals surface area contributed by atoms with Crippen LogP contribution in [0.2, 0.25) is 0 Å². The lowest BCUT2D eigenvalue weighted by Gasteiger charge is -2.14. The summed E-state index contributed by atoms with van der Waals surface area (Å²) in [7, 11) is -4.29. The minimum Gasteiger partial charge on any atom is -0.478 e. The van der Waals surface area contributed by atoms with Crippen molar-refractivity contribution in [2.24, 2.45) is 0 Å². The average molecular weight is 590 g/mol. The van der Waals surface area contributed by atoms with Gasteiger partial charge in [0.25, 0.3) is 10.1 Å². The average Bonchev–Trinajstić information content (AvgIpc) is 2.38. The Balaban J connectivity index is 3.28. The van der Waals surface area contributed by atoms with E-state index in [-0.39, 0.29) is 20.1 Å². The number of hydrogen-bond acceptors (Lipinski definition) is 5. The van der Waals surface area contributed by atoms with Crippen LogP contribution in [0.15, 0.2) is 17.9 Å². The Kier molecular flexibility index (Phi) is 7.02. The van der Waals surface area contributed by atoms with Gasteiger partial charge in [-0.1, -0.05) is 0 Å². The SMILES string of the molecule is O=C(O)c1c(Br)c(Br)c(Br)c(Br)c1C(=O)OCCS(=O)(=O)O. The lowest BCUT2D eigenvalue weighted by molar-refractivity contribution is 0.0514. The summed E-state index contributed by atoms with van der Waals surface area (Å²) in [5.41, 5.74) is -0.663. The fourth-order valence-corrected chi connectivity index (χ4v) is 4.08. The molecule has 0 aliphatic rings. The monoisotopic (exact) mass is 586 g/mol. The maximum atomic E-state index is 12.0. The molecule has 0 saturated carbocycles. The Morgan fingerprint density at radius 3 is 1.82 bits per heavy atom. The molecule has 7 nitrogen and oxygen atoms in total. The van der Waals surface area contributed by atoms with E-state index in [1.165, 1.54) is 0 Å². The number of carbonyl (C=O) groups is 2. The van der Waals surface area contributed by atoms with Gasteiger partial charge in [0.15, 0.2) is 0 Å². The predicted molar refractivity (Wildman–Crippen MR) is 90.9 cm³/mol. The summed E-state index contributed by atoms with van der Waals surface area (Å²) in [6, 6.07) is 0. The van der Waals surface area contributed by atoms with Crippen molar-refractivity contribution in [2.75, 3.05) is 12.4 Å². The molecule has 0 spiro atoms. The number of esters is 1. The zero-order valence-electron chi connectivity index (χ0n) is 10.3. The number of carbonyl (C=O) groups excluding carboxylic acids is 1. The lowest BCUT2D eigenvalue weighted by Crippen LogP contribution is -2.18. The Bertz CT molecular complexity index is 744. The fourth-order valence-electron chi connectivity index (χ4n) is 1.34. The molecule has 0 aliphatic carbocycles. The first-order chi connectivity index (χ1) is 9.97. The zero-order chi connectivity index (χ0) is 17.2. The van der Waals surface area contributed by atoms with Gasteiger partial charge >= 0.3 is 11.9 Å². The summed E-state index contributed by atoms with van der Waals surface area (Å²) in [5.74, 6) is -3.23. The van der Waals surface area contributed by atoms with E-state index in [9.17, 15) is 23.1 Å². The molecule has 0 aliphatic heterocycles. The minimum atomic E-state index is -4.29. The van der Waals surface area contributed by atoms with Crippen LogP contribution in [0.3, 0.4) is 0 Å². The van der Waals surface area contributed by atoms with Crippen LogP contribution < -0.4 is 0 Å². The molecule has 0 saturated heterocycles. The van der Waals surface area contributed by atoms with Gasteiger partial charge in [-0.25, -0.2) is 9.59 Å². The van der Waals surface area contributed by atoms with Gasteiger partial charge in [-0.05, 0) is 63.7 Å². The van der Waals surface area contributed by atoms with Crippen molar-refractivity contribution in [1.29, 1.82) is 0 Å². The summed E-state index contributed by atoms with van der Waals surface area (Å²) in [6.45, 7) is -0.617. The highest BCUT2D eigenvalue weighted by atomic mass is 79.9. The summed E-state index contributed by atoms with van der Waals surface area (Å²) in [5, 5.41) is 9.26. The molecule has 0 fully saturated rings. The molecule has 0 atom stereocenters. The standard InChI is InChI=1S/C10H6Br4O7S/c11-5-3(9(15)16)4(6(12)8(14)7(5)13)10(17)21-1-2-22(18,19)20/h1-2H2,(H,15,16)(H,18,19,20). The van der Waals surface area contributed by atoms with E-state index in [0.717, 1.165) is 0 Å². The highest BCUT2D eigenvalue weighted by Crippen LogP contribution is 2.42. The molecule has 0 aromatic heterocycles. The van der Waals surface area contributed by atoms with Crippen molar-refractivity contribution in [3.63, 3.8) is 0 Å². The van der Waals surface area contributed by atoms with Crippen molar-refractivity contribution in [2.45, 2.75) is 0 Å². The third kappa shape index (κ3) is 4.74. The molecule has 0 unspecified atom stereocenters. The first-order valence-corrected chi connectivity index (χ1v) is 9.97. The summed E-state index contributed by atoms with van der Waals surface area (Å²) < 4.78 is 35.4. The third-order valence-electron chi connectivity index (χ3n) is 2.26. The van der Waals surface area contributed by atoms with E-state index in [1.807, 2.05) is 0 Å². The molecule has 0 amide bonds. The van der Waals surface area contributed by atoms with E-state index < -0.39 is 34.4 Å². The minimum absolute atomic E-state index is 0.108. The Hall–Kier alpha value is -0.0100. The number of halogens is 4. The number of carboxylic acids is 1. The van der Waals surface area contributed by atoms with Crippen LogP contribution in [0, 0.1) is 0 Å². The van der Waals surface area contributed by atoms with E-state index >= 15 is 0 Å². The highest BCUT2D eigenvalue weighted by molar-refractivity contribution is 9.15. The molecular formula is C10H6Br4O7S. The molecule has 1 rings (SSSR count). The lowest BCUT2D eigenvalue weighted by atomic mass is 10.1. The van der Waals surface area contributed by atoms with Crippen LogP contribution in [0.1, 0.15) is 20.7 Å². The normalized spacial score (nSPS) is 11.3. The quantitative estimate of drug-likeness (QED) is 0.234. The number of ether oxygens (including phenoxy) is 1. The van der Waals surface area contributed by atoms with Gasteiger partial charge in [0.2, 0.25) is 0 Å². The molecule has 0 heterocycles. The molecule has 0 radical (unpaired) electrons. The van der Waals surface area contributed by atoms with Gasteiger partial charge in [0, 0.05) is 17.9 Å². The Morgan fingerprint density at radius 1 is 0.955 bits per heavy atom. The number of rotatable bonds is 5. The van der Waals surface area contributed by atoms with E-state index in [0.29, 0.717) is 8.95 Å². The van der Waals surface area contributed by atoms with Gasteiger partial charge in [-0.15, -0.1) is 0 Å². The second-order valence-electron chi connectivity index (χ2n) is 3.73. The summed E-state index contributed by atoms with van der Waals surface area (Å²) in [6.07, 6.45) is 0. The van der Waals surface area contributed by atoms with Gasteiger partial charge in [-0.2, -0.15) is 8.42 Å². The van der Waals surface area contributed by atoms with Crippen LogP contribution in [0.5, 0.6) is 0 Å². The maximum Gasteiger partial charge on any atom is 0.340 e. The second-order valence-corrected chi connectivity index (χ2v) is 8.48. The van der Waals surface area contributed by atoms with Crippen molar-refractivity contribution in [3.8, 4) is 0 Å². The topological polar surface area (TPSA) is 118 Å². The molecule has 2 N–H and O–H groups in total. The molecule has 1 aromatic rings. The molecular weight excluding hydrogens is 584 g/mol. The second kappa shape index (κ2) is 7.71. The van der Waals surface area contributed by atoms with E-state index in [1.54, 1.807) is 0 Å². The van der Waals surface area contributed by atoms with Crippen LogP contribution in [-0.4, -0.2) is 42.4 Å². The van der Waals surface area contributed by atoms with Crippen LogP contribution in [0.25, 0.3) is 0 Å². The van der Waals surface area contributed by atoms with Crippen molar-refractivity contribution in [3.05, 3.63) is 29.0 Å². The number of hydrogen-bond donors (Lipinski definition) is 2. The molecule has 122 valence electrons. The van der Waals surface area contributed by atoms with Gasteiger partial charge in [0.1, 0.15) is 12.4 Å². The molecule has 0 bridgehead atoms. The molecule has 1 aromatic carbocycles. The van der Waals surface area contributed by atoms with Crippen molar-refractivity contribution >= 4 is 85.8 Å². The smallest absolute Gasteiger partial charge is 0.340 e. The van der Waals surface area contributed by atoms with Crippen LogP contribution in [0.4, 0.5) is 0 Å². The predicted octanol–water partition coefficient (Wildman–Crippen LogP) is 3.48.